The molecule has 0 aliphatic carbocycles. The molecular formula is C20H33NO2. The molecule has 0 spiro atoms. The first-order chi connectivity index (χ1) is 11.0. The number of aryl methyl sites for hydroxylation is 1. The lowest BCUT2D eigenvalue weighted by atomic mass is 9.99. The van der Waals surface area contributed by atoms with Gasteiger partial charge < -0.3 is 10.1 Å². The highest BCUT2D eigenvalue weighted by atomic mass is 16.5. The molecule has 0 bridgehead atoms. The second-order valence-corrected chi connectivity index (χ2v) is 6.37. The van der Waals surface area contributed by atoms with Gasteiger partial charge in [-0.3, -0.25) is 4.79 Å². The molecule has 1 aromatic rings. The van der Waals surface area contributed by atoms with Crippen LogP contribution < -0.4 is 10.1 Å². The highest BCUT2D eigenvalue weighted by Crippen LogP contribution is 2.22. The van der Waals surface area contributed by atoms with Crippen LogP contribution in [0.1, 0.15) is 64.0 Å². The van der Waals surface area contributed by atoms with Crippen molar-refractivity contribution < 1.29 is 9.53 Å². The van der Waals surface area contributed by atoms with E-state index in [1.54, 1.807) is 0 Å². The van der Waals surface area contributed by atoms with Crippen LogP contribution in [0, 0.1) is 19.8 Å². The van der Waals surface area contributed by atoms with Crippen LogP contribution in [-0.2, 0) is 4.79 Å². The van der Waals surface area contributed by atoms with Gasteiger partial charge in [0.15, 0.2) is 6.10 Å². The average molecular weight is 319 g/mol. The van der Waals surface area contributed by atoms with E-state index in [4.69, 9.17) is 4.74 Å². The molecule has 3 heteroatoms. The van der Waals surface area contributed by atoms with Crippen LogP contribution in [0.15, 0.2) is 18.2 Å². The molecule has 0 saturated carbocycles. The van der Waals surface area contributed by atoms with Gasteiger partial charge in [0, 0.05) is 6.54 Å². The molecule has 1 aromatic carbocycles. The monoisotopic (exact) mass is 319 g/mol. The summed E-state index contributed by atoms with van der Waals surface area (Å²) in [7, 11) is 0. The number of unbranched alkanes of at least 4 members (excludes halogenated alkanes) is 1. The van der Waals surface area contributed by atoms with Crippen LogP contribution in [0.25, 0.3) is 0 Å². The smallest absolute Gasteiger partial charge is 0.261 e. The van der Waals surface area contributed by atoms with E-state index >= 15 is 0 Å². The molecule has 23 heavy (non-hydrogen) atoms. The quantitative estimate of drug-likeness (QED) is 0.673. The summed E-state index contributed by atoms with van der Waals surface area (Å²) in [5, 5.41) is 3.08. The standard InChI is InChI=1S/C20H33NO2/c1-6-9-12-17(7-2)14-21-20(22)18(8-3)23-19-13-10-11-15(4)16(19)5/h10-11,13,17-18H,6-9,12,14H2,1-5H3,(H,21,22)/t17-,18+/m1/s1. The topological polar surface area (TPSA) is 38.3 Å². The van der Waals surface area contributed by atoms with Crippen LogP contribution in [0.2, 0.25) is 0 Å². The van der Waals surface area contributed by atoms with E-state index < -0.39 is 6.10 Å². The Morgan fingerprint density at radius 1 is 1.17 bits per heavy atom. The van der Waals surface area contributed by atoms with Crippen molar-refractivity contribution in [2.24, 2.45) is 5.92 Å². The van der Waals surface area contributed by atoms with Crippen LogP contribution in [0.3, 0.4) is 0 Å². The molecule has 1 N–H and O–H groups in total. The second kappa shape index (κ2) is 10.3. The number of carbonyl (C=O) groups excluding carboxylic acids is 1. The van der Waals surface area contributed by atoms with Gasteiger partial charge in [0.2, 0.25) is 0 Å². The van der Waals surface area contributed by atoms with E-state index in [-0.39, 0.29) is 5.91 Å². The molecule has 3 nitrogen and oxygen atoms in total. The van der Waals surface area contributed by atoms with Crippen LogP contribution in [0.5, 0.6) is 5.75 Å². The van der Waals surface area contributed by atoms with Gasteiger partial charge in [-0.05, 0) is 49.8 Å². The highest BCUT2D eigenvalue weighted by Gasteiger charge is 2.20. The predicted octanol–water partition coefficient (Wildman–Crippen LogP) is 4.79. The summed E-state index contributed by atoms with van der Waals surface area (Å²) < 4.78 is 5.97. The molecule has 130 valence electrons. The lowest BCUT2D eigenvalue weighted by molar-refractivity contribution is -0.128. The minimum absolute atomic E-state index is 0.00311. The zero-order chi connectivity index (χ0) is 17.2. The molecule has 0 aliphatic heterocycles. The lowest BCUT2D eigenvalue weighted by Gasteiger charge is -2.21. The Bertz CT molecular complexity index is 485. The summed E-state index contributed by atoms with van der Waals surface area (Å²) in [4.78, 5) is 12.4. The van der Waals surface area contributed by atoms with Crippen LogP contribution in [-0.4, -0.2) is 18.6 Å². The van der Waals surface area contributed by atoms with Crippen molar-refractivity contribution in [3.63, 3.8) is 0 Å². The number of benzene rings is 1. The average Bonchev–Trinajstić information content (AvgIpc) is 2.56. The number of carbonyl (C=O) groups is 1. The number of amides is 1. The molecular weight excluding hydrogens is 286 g/mol. The highest BCUT2D eigenvalue weighted by molar-refractivity contribution is 5.81. The normalized spacial score (nSPS) is 13.4. The number of hydrogen-bond acceptors (Lipinski definition) is 2. The van der Waals surface area contributed by atoms with Crippen molar-refractivity contribution >= 4 is 5.91 Å². The van der Waals surface area contributed by atoms with Crippen molar-refractivity contribution in [3.05, 3.63) is 29.3 Å². The summed E-state index contributed by atoms with van der Waals surface area (Å²) in [6.45, 7) is 11.2. The van der Waals surface area contributed by atoms with Gasteiger partial charge in [0.1, 0.15) is 5.75 Å². The van der Waals surface area contributed by atoms with E-state index in [0.717, 1.165) is 24.3 Å². The Hall–Kier alpha value is -1.51. The van der Waals surface area contributed by atoms with E-state index in [1.165, 1.54) is 24.8 Å². The fourth-order valence-corrected chi connectivity index (χ4v) is 2.63. The van der Waals surface area contributed by atoms with Gasteiger partial charge in [0.05, 0.1) is 0 Å². The van der Waals surface area contributed by atoms with Gasteiger partial charge in [0.25, 0.3) is 5.91 Å². The third kappa shape index (κ3) is 6.25. The van der Waals surface area contributed by atoms with Gasteiger partial charge in [-0.15, -0.1) is 0 Å². The van der Waals surface area contributed by atoms with E-state index in [1.807, 2.05) is 26.0 Å². The Morgan fingerprint density at radius 3 is 2.52 bits per heavy atom. The maximum Gasteiger partial charge on any atom is 0.261 e. The fourth-order valence-electron chi connectivity index (χ4n) is 2.63. The molecule has 0 radical (unpaired) electrons. The minimum atomic E-state index is -0.417. The summed E-state index contributed by atoms with van der Waals surface area (Å²) in [5.74, 6) is 1.38. The molecule has 0 heterocycles. The molecule has 0 aliphatic rings. The van der Waals surface area contributed by atoms with Crippen LogP contribution >= 0.6 is 0 Å². The maximum atomic E-state index is 12.4. The molecule has 0 aromatic heterocycles. The van der Waals surface area contributed by atoms with E-state index in [2.05, 4.69) is 32.2 Å². The zero-order valence-corrected chi connectivity index (χ0v) is 15.4. The van der Waals surface area contributed by atoms with Crippen molar-refractivity contribution in [2.75, 3.05) is 6.54 Å². The first kappa shape index (κ1) is 19.5. The minimum Gasteiger partial charge on any atom is -0.480 e. The van der Waals surface area contributed by atoms with E-state index in [9.17, 15) is 4.79 Å². The molecule has 2 atom stereocenters. The summed E-state index contributed by atoms with van der Waals surface area (Å²) >= 11 is 0. The number of nitrogens with one attached hydrogen (secondary N) is 1. The maximum absolute atomic E-state index is 12.4. The molecule has 1 amide bonds. The van der Waals surface area contributed by atoms with Crippen molar-refractivity contribution in [2.45, 2.75) is 72.8 Å². The Labute approximate surface area is 141 Å². The predicted molar refractivity (Wildman–Crippen MR) is 96.9 cm³/mol. The summed E-state index contributed by atoms with van der Waals surface area (Å²) in [6.07, 6.45) is 4.98. The van der Waals surface area contributed by atoms with Gasteiger partial charge in [-0.25, -0.2) is 0 Å². The Morgan fingerprint density at radius 2 is 1.91 bits per heavy atom. The van der Waals surface area contributed by atoms with Crippen molar-refractivity contribution in [1.82, 2.24) is 5.32 Å². The molecule has 0 unspecified atom stereocenters. The first-order valence-corrected chi connectivity index (χ1v) is 9.03. The number of rotatable bonds is 10. The van der Waals surface area contributed by atoms with Crippen LogP contribution in [0.4, 0.5) is 0 Å². The zero-order valence-electron chi connectivity index (χ0n) is 15.4. The van der Waals surface area contributed by atoms with Gasteiger partial charge in [-0.2, -0.15) is 0 Å². The van der Waals surface area contributed by atoms with Gasteiger partial charge in [-0.1, -0.05) is 52.2 Å². The summed E-state index contributed by atoms with van der Waals surface area (Å²) in [6, 6.07) is 5.97. The largest absolute Gasteiger partial charge is 0.480 e. The molecule has 1 rings (SSSR count). The number of hydrogen-bond donors (Lipinski definition) is 1. The third-order valence-electron chi connectivity index (χ3n) is 4.60. The van der Waals surface area contributed by atoms with Gasteiger partial charge >= 0.3 is 0 Å². The van der Waals surface area contributed by atoms with E-state index in [0.29, 0.717) is 12.3 Å². The van der Waals surface area contributed by atoms with Crippen molar-refractivity contribution in [3.8, 4) is 5.75 Å². The summed E-state index contributed by atoms with van der Waals surface area (Å²) in [5.41, 5.74) is 2.29. The number of ether oxygens (including phenoxy) is 1. The van der Waals surface area contributed by atoms with Crippen molar-refractivity contribution in [1.29, 1.82) is 0 Å². The Balaban J connectivity index is 2.59. The molecule has 0 fully saturated rings. The first-order valence-electron chi connectivity index (χ1n) is 9.03. The third-order valence-corrected chi connectivity index (χ3v) is 4.60. The Kier molecular flexibility index (Phi) is 8.75. The fraction of sp³-hybridized carbons (Fsp3) is 0.650. The SMILES string of the molecule is CCCC[C@@H](CC)CNC(=O)[C@H](CC)Oc1cccc(C)c1C. The lowest BCUT2D eigenvalue weighted by Crippen LogP contribution is -2.40. The molecule has 0 saturated heterocycles. The second-order valence-electron chi connectivity index (χ2n) is 6.37.